The van der Waals surface area contributed by atoms with Crippen LogP contribution in [0.2, 0.25) is 0 Å². The Kier molecular flexibility index (Phi) is 4.54. The number of halogens is 3. The monoisotopic (exact) mass is 288 g/mol. The highest BCUT2D eigenvalue weighted by Crippen LogP contribution is 2.18. The Labute approximate surface area is 102 Å². The van der Waals surface area contributed by atoms with Crippen LogP contribution in [0.15, 0.2) is 30.3 Å². The maximum absolute atomic E-state index is 13.1. The fourth-order valence-electron chi connectivity index (χ4n) is 0.804. The van der Waals surface area contributed by atoms with Gasteiger partial charge in [-0.05, 0) is 16.7 Å². The molecule has 8 heteroatoms. The Morgan fingerprint density at radius 3 is 2.40 bits per heavy atom. The number of hydrogen-bond donors (Lipinski definition) is 1. The second-order valence-corrected chi connectivity index (χ2v) is 6.40. The van der Waals surface area contributed by atoms with Crippen LogP contribution in [0, 0.1) is 0 Å². The minimum Gasteiger partial charge on any atom is -0.290 e. The highest BCUT2D eigenvalue weighted by molar-refractivity contribution is 8.32. The Hall–Kier alpha value is -0.140. The van der Waals surface area contributed by atoms with Crippen LogP contribution >= 0.6 is 23.2 Å². The number of nitrogens with zero attached hydrogens (tertiary/aromatic N) is 1. The van der Waals surface area contributed by atoms with E-state index < -0.39 is 13.8 Å². The minimum absolute atomic E-state index is 0.307. The molecule has 3 nitrogen and oxygen atoms in total. The molecule has 0 aromatic heterocycles. The van der Waals surface area contributed by atoms with Gasteiger partial charge in [0.2, 0.25) is 13.8 Å². The summed E-state index contributed by atoms with van der Waals surface area (Å²) in [6.07, 6.45) is 0. The Morgan fingerprint density at radius 1 is 1.40 bits per heavy atom. The average molecular weight is 289 g/mol. The quantitative estimate of drug-likeness (QED) is 0.525. The summed E-state index contributed by atoms with van der Waals surface area (Å²) >= 11 is 14.9. The number of para-hydroxylation sites is 1. The van der Waals surface area contributed by atoms with Crippen LogP contribution in [0.3, 0.4) is 0 Å². The van der Waals surface area contributed by atoms with Gasteiger partial charge in [0.05, 0.1) is 0 Å². The van der Waals surface area contributed by atoms with Gasteiger partial charge < -0.3 is 0 Å². The van der Waals surface area contributed by atoms with Crippen molar-refractivity contribution in [2.24, 2.45) is 0 Å². The Bertz CT molecular complexity index is 412. The number of hydrogen-bond acceptors (Lipinski definition) is 2. The van der Waals surface area contributed by atoms with E-state index in [0.717, 1.165) is 0 Å². The summed E-state index contributed by atoms with van der Waals surface area (Å²) in [5, 5.41) is 0. The first-order chi connectivity index (χ1) is 6.93. The van der Waals surface area contributed by atoms with Crippen molar-refractivity contribution in [3.05, 3.63) is 30.3 Å². The Morgan fingerprint density at radius 2 is 1.93 bits per heavy atom. The smallest absolute Gasteiger partial charge is 0.206 e. The van der Waals surface area contributed by atoms with Crippen LogP contribution in [-0.4, -0.2) is 13.7 Å². The van der Waals surface area contributed by atoms with Crippen LogP contribution in [0.4, 0.5) is 10.2 Å². The lowest BCUT2D eigenvalue weighted by Crippen LogP contribution is -2.31. The second kappa shape index (κ2) is 5.27. The lowest BCUT2D eigenvalue weighted by molar-refractivity contribution is 0.163. The second-order valence-electron chi connectivity index (χ2n) is 2.49. The van der Waals surface area contributed by atoms with E-state index in [0.29, 0.717) is 5.69 Å². The standard InChI is InChI=1S/C7H7Cl2FN2OS2/c8-7(9)12(10)15(13,14)11-6-4-2-1-3-5-6/h1-5,7,11H. The lowest BCUT2D eigenvalue weighted by atomic mass is 10.3. The third kappa shape index (κ3) is 3.73. The Balaban J connectivity index is 2.82. The summed E-state index contributed by atoms with van der Waals surface area (Å²) in [7, 11) is -3.53. The molecule has 0 heterocycles. The first kappa shape index (κ1) is 12.9. The van der Waals surface area contributed by atoms with E-state index in [1.54, 1.807) is 30.3 Å². The first-order valence-electron chi connectivity index (χ1n) is 3.74. The minimum atomic E-state index is -3.53. The first-order valence-corrected chi connectivity index (χ1v) is 7.06. The molecule has 84 valence electrons. The van der Waals surface area contributed by atoms with Crippen molar-refractivity contribution in [3.8, 4) is 0 Å². The summed E-state index contributed by atoms with van der Waals surface area (Å²) in [5.41, 5.74) is 0.425. The molecule has 0 saturated heterocycles. The maximum atomic E-state index is 13.1. The number of rotatable bonds is 4. The van der Waals surface area contributed by atoms with Gasteiger partial charge in [-0.25, -0.2) is 4.21 Å². The highest BCUT2D eigenvalue weighted by Gasteiger charge is 2.24. The molecule has 0 aliphatic heterocycles. The summed E-state index contributed by atoms with van der Waals surface area (Å²) < 4.78 is 26.7. The van der Waals surface area contributed by atoms with Crippen molar-refractivity contribution in [2.75, 3.05) is 4.72 Å². The molecule has 1 unspecified atom stereocenters. The van der Waals surface area contributed by atoms with E-state index in [1.807, 2.05) is 0 Å². The largest absolute Gasteiger partial charge is 0.290 e. The lowest BCUT2D eigenvalue weighted by Gasteiger charge is -2.17. The van der Waals surface area contributed by atoms with E-state index in [1.165, 1.54) is 0 Å². The van der Waals surface area contributed by atoms with Crippen molar-refractivity contribution in [3.63, 3.8) is 0 Å². The summed E-state index contributed by atoms with van der Waals surface area (Å²) in [6.45, 7) is 0. The molecule has 15 heavy (non-hydrogen) atoms. The number of benzene rings is 1. The molecule has 0 fully saturated rings. The van der Waals surface area contributed by atoms with Gasteiger partial charge in [0.1, 0.15) is 0 Å². The molecule has 0 saturated carbocycles. The molecule has 0 spiro atoms. The SMILES string of the molecule is O=S(=S)(Nc1ccccc1)N(F)C(Cl)Cl. The number of anilines is 1. The van der Waals surface area contributed by atoms with Crippen LogP contribution < -0.4 is 4.72 Å². The molecule has 1 rings (SSSR count). The molecule has 0 aliphatic rings. The average Bonchev–Trinajstić information content (AvgIpc) is 2.17. The highest BCUT2D eigenvalue weighted by atomic mass is 35.5. The summed E-state index contributed by atoms with van der Waals surface area (Å²) in [4.78, 5) is -1.58. The zero-order valence-electron chi connectivity index (χ0n) is 7.27. The van der Waals surface area contributed by atoms with Crippen molar-refractivity contribution in [1.29, 1.82) is 0 Å². The molecule has 1 atom stereocenters. The zero-order chi connectivity index (χ0) is 11.5. The van der Waals surface area contributed by atoms with E-state index in [-0.39, 0.29) is 4.53 Å². The molecular formula is C7H7Cl2FN2OS2. The van der Waals surface area contributed by atoms with E-state index in [9.17, 15) is 8.69 Å². The van der Waals surface area contributed by atoms with Crippen LogP contribution in [0.5, 0.6) is 0 Å². The summed E-state index contributed by atoms with van der Waals surface area (Å²) in [6, 6.07) is 8.33. The van der Waals surface area contributed by atoms with Crippen molar-refractivity contribution < 1.29 is 8.69 Å². The van der Waals surface area contributed by atoms with E-state index in [2.05, 4.69) is 15.9 Å². The molecule has 0 amide bonds. The van der Waals surface area contributed by atoms with Gasteiger partial charge in [0.15, 0.2) is 0 Å². The number of alkyl halides is 2. The normalized spacial score (nSPS) is 15.3. The van der Waals surface area contributed by atoms with Crippen LogP contribution in [0.1, 0.15) is 0 Å². The van der Waals surface area contributed by atoms with Gasteiger partial charge in [-0.15, -0.1) is 4.48 Å². The maximum Gasteiger partial charge on any atom is 0.206 e. The van der Waals surface area contributed by atoms with E-state index in [4.69, 9.17) is 23.2 Å². The van der Waals surface area contributed by atoms with Gasteiger partial charge in [0, 0.05) is 16.9 Å². The molecule has 1 aromatic rings. The number of nitrogens with one attached hydrogen (secondary N) is 1. The summed E-state index contributed by atoms with van der Waals surface area (Å²) in [5.74, 6) is 0. The molecule has 1 aromatic carbocycles. The third-order valence-electron chi connectivity index (χ3n) is 1.40. The molecule has 0 aliphatic carbocycles. The van der Waals surface area contributed by atoms with Gasteiger partial charge in [-0.2, -0.15) is 0 Å². The molecule has 0 radical (unpaired) electrons. The van der Waals surface area contributed by atoms with Crippen molar-refractivity contribution in [1.82, 2.24) is 4.53 Å². The molecule has 1 N–H and O–H groups in total. The zero-order valence-corrected chi connectivity index (χ0v) is 10.4. The molecular weight excluding hydrogens is 282 g/mol. The van der Waals surface area contributed by atoms with Crippen LogP contribution in [0.25, 0.3) is 0 Å². The van der Waals surface area contributed by atoms with Crippen molar-refractivity contribution >= 4 is 48.9 Å². The molecule has 0 bridgehead atoms. The van der Waals surface area contributed by atoms with Gasteiger partial charge in [-0.3, -0.25) is 4.72 Å². The fraction of sp³-hybridized carbons (Fsp3) is 0.143. The fourth-order valence-corrected chi connectivity index (χ4v) is 3.04. The van der Waals surface area contributed by atoms with Crippen molar-refractivity contribution in [2.45, 2.75) is 4.96 Å². The van der Waals surface area contributed by atoms with Crippen LogP contribution in [-0.2, 0) is 20.1 Å². The topological polar surface area (TPSA) is 32.3 Å². The van der Waals surface area contributed by atoms with Gasteiger partial charge in [-0.1, -0.05) is 41.4 Å². The van der Waals surface area contributed by atoms with Gasteiger partial charge >= 0.3 is 0 Å². The predicted molar refractivity (Wildman–Crippen MR) is 64.0 cm³/mol. The predicted octanol–water partition coefficient (Wildman–Crippen LogP) is 2.62. The third-order valence-corrected chi connectivity index (χ3v) is 3.82. The van der Waals surface area contributed by atoms with E-state index >= 15 is 0 Å². The van der Waals surface area contributed by atoms with Gasteiger partial charge in [0.25, 0.3) is 0 Å².